The van der Waals surface area contributed by atoms with Crippen LogP contribution in [-0.2, 0) is 11.2 Å². The molecule has 0 aromatic heterocycles. The van der Waals surface area contributed by atoms with E-state index < -0.39 is 0 Å². The van der Waals surface area contributed by atoms with Gasteiger partial charge in [0.05, 0.1) is 7.11 Å². The number of carbonyl (C=O) groups excluding carboxylic acids is 1. The molecule has 0 bridgehead atoms. The maximum atomic E-state index is 12.4. The molecular weight excluding hydrogens is 288 g/mol. The number of rotatable bonds is 11. The van der Waals surface area contributed by atoms with Gasteiger partial charge in [-0.1, -0.05) is 45.3 Å². The molecule has 1 N–H and O–H groups in total. The van der Waals surface area contributed by atoms with Crippen LogP contribution in [0, 0.1) is 5.92 Å². The van der Waals surface area contributed by atoms with Gasteiger partial charge in [0.2, 0.25) is 0 Å². The van der Waals surface area contributed by atoms with Crippen LogP contribution in [0.25, 0.3) is 0 Å². The van der Waals surface area contributed by atoms with Crippen molar-refractivity contribution in [1.82, 2.24) is 0 Å². The van der Waals surface area contributed by atoms with Crippen molar-refractivity contribution in [2.75, 3.05) is 7.11 Å². The van der Waals surface area contributed by atoms with Gasteiger partial charge in [0.25, 0.3) is 0 Å². The van der Waals surface area contributed by atoms with Crippen molar-refractivity contribution in [2.45, 2.75) is 51.9 Å². The van der Waals surface area contributed by atoms with Gasteiger partial charge < -0.3 is 9.84 Å². The second kappa shape index (κ2) is 10.7. The summed E-state index contributed by atoms with van der Waals surface area (Å²) in [5, 5.41) is 9.60. The molecule has 3 heteroatoms. The first kappa shape index (κ1) is 19.1. The number of aryl methyl sites for hydroxylation is 1. The largest absolute Gasteiger partial charge is 0.504 e. The molecule has 0 spiro atoms. The highest BCUT2D eigenvalue weighted by Crippen LogP contribution is 2.27. The molecule has 1 atom stereocenters. The molecule has 0 radical (unpaired) electrons. The van der Waals surface area contributed by atoms with E-state index in [1.807, 2.05) is 6.07 Å². The van der Waals surface area contributed by atoms with E-state index in [-0.39, 0.29) is 17.5 Å². The third-order valence-corrected chi connectivity index (χ3v) is 4.01. The lowest BCUT2D eigenvalue weighted by molar-refractivity contribution is -0.121. The van der Waals surface area contributed by atoms with Crippen LogP contribution in [0.2, 0.25) is 0 Å². The van der Waals surface area contributed by atoms with Crippen LogP contribution < -0.4 is 4.74 Å². The van der Waals surface area contributed by atoms with Gasteiger partial charge in [-0.05, 0) is 36.6 Å². The zero-order valence-corrected chi connectivity index (χ0v) is 14.3. The second-order valence-corrected chi connectivity index (χ2v) is 5.80. The van der Waals surface area contributed by atoms with Gasteiger partial charge in [-0.3, -0.25) is 4.79 Å². The number of ketones is 1. The molecule has 0 saturated heterocycles. The Morgan fingerprint density at radius 1 is 1.39 bits per heavy atom. The minimum atomic E-state index is -0.0802. The quantitative estimate of drug-likeness (QED) is 0.470. The average molecular weight is 316 g/mol. The lowest BCUT2D eigenvalue weighted by Gasteiger charge is -2.11. The Morgan fingerprint density at radius 3 is 2.83 bits per heavy atom. The summed E-state index contributed by atoms with van der Waals surface area (Å²) in [6.07, 6.45) is 8.43. The second-order valence-electron chi connectivity index (χ2n) is 5.80. The van der Waals surface area contributed by atoms with Crippen LogP contribution >= 0.6 is 0 Å². The van der Waals surface area contributed by atoms with Gasteiger partial charge in [0, 0.05) is 12.3 Å². The van der Waals surface area contributed by atoms with Gasteiger partial charge in [-0.15, -0.1) is 5.73 Å². The van der Waals surface area contributed by atoms with Gasteiger partial charge in [0.15, 0.2) is 11.5 Å². The Bertz CT molecular complexity index is 542. The van der Waals surface area contributed by atoms with Crippen LogP contribution in [-0.4, -0.2) is 18.0 Å². The first-order valence-electron chi connectivity index (χ1n) is 8.36. The molecule has 0 amide bonds. The number of allylic oxidation sites excluding steroid dienone is 1. The van der Waals surface area contributed by atoms with Crippen molar-refractivity contribution in [1.29, 1.82) is 0 Å². The number of hydrogen-bond donors (Lipinski definition) is 1. The Morgan fingerprint density at radius 2 is 2.17 bits per heavy atom. The molecule has 23 heavy (non-hydrogen) atoms. The predicted molar refractivity (Wildman–Crippen MR) is 93.9 cm³/mol. The number of phenolic OH excluding ortho intramolecular Hbond substituents is 1. The van der Waals surface area contributed by atoms with Crippen LogP contribution in [0.15, 0.2) is 36.6 Å². The van der Waals surface area contributed by atoms with E-state index in [0.717, 1.165) is 18.4 Å². The maximum Gasteiger partial charge on any atom is 0.160 e. The molecule has 1 rings (SSSR count). The molecular formula is C20H28O3. The van der Waals surface area contributed by atoms with Crippen molar-refractivity contribution >= 4 is 5.78 Å². The Labute approximate surface area is 139 Å². The van der Waals surface area contributed by atoms with Crippen molar-refractivity contribution in [2.24, 2.45) is 5.92 Å². The van der Waals surface area contributed by atoms with Crippen molar-refractivity contribution in [3.63, 3.8) is 0 Å². The smallest absolute Gasteiger partial charge is 0.160 e. The summed E-state index contributed by atoms with van der Waals surface area (Å²) < 4.78 is 5.10. The van der Waals surface area contributed by atoms with Gasteiger partial charge >= 0.3 is 0 Å². The van der Waals surface area contributed by atoms with Crippen LogP contribution in [0.3, 0.4) is 0 Å². The zero-order chi connectivity index (χ0) is 17.1. The van der Waals surface area contributed by atoms with E-state index in [4.69, 9.17) is 4.74 Å². The van der Waals surface area contributed by atoms with Crippen LogP contribution in [0.1, 0.15) is 51.0 Å². The number of aromatic hydroxyl groups is 1. The number of ether oxygens (including phenoxy) is 1. The van der Waals surface area contributed by atoms with E-state index in [9.17, 15) is 9.90 Å². The SMILES string of the molecule is C=C=CC(CCCCCC)C(=O)CCc1ccc(O)c(OC)c1. The van der Waals surface area contributed by atoms with Crippen molar-refractivity contribution in [3.05, 3.63) is 42.1 Å². The third-order valence-electron chi connectivity index (χ3n) is 4.01. The zero-order valence-electron chi connectivity index (χ0n) is 14.3. The minimum Gasteiger partial charge on any atom is -0.504 e. The lowest BCUT2D eigenvalue weighted by Crippen LogP contribution is -2.13. The summed E-state index contributed by atoms with van der Waals surface area (Å²) in [4.78, 5) is 12.4. The fraction of sp³-hybridized carbons (Fsp3) is 0.500. The lowest BCUT2D eigenvalue weighted by atomic mass is 9.92. The van der Waals surface area contributed by atoms with E-state index in [0.29, 0.717) is 18.6 Å². The van der Waals surface area contributed by atoms with Crippen molar-refractivity contribution in [3.8, 4) is 11.5 Å². The molecule has 1 unspecified atom stereocenters. The van der Waals surface area contributed by atoms with E-state index in [1.54, 1.807) is 18.2 Å². The molecule has 0 fully saturated rings. The number of benzene rings is 1. The number of carbonyl (C=O) groups is 1. The molecule has 0 aliphatic rings. The topological polar surface area (TPSA) is 46.5 Å². The molecule has 126 valence electrons. The fourth-order valence-electron chi connectivity index (χ4n) is 2.60. The number of hydrogen-bond acceptors (Lipinski definition) is 3. The number of Topliss-reactive ketones (excluding diaryl/α,β-unsaturated/α-hetero) is 1. The van der Waals surface area contributed by atoms with Crippen molar-refractivity contribution < 1.29 is 14.6 Å². The summed E-state index contributed by atoms with van der Waals surface area (Å²) >= 11 is 0. The number of methoxy groups -OCH3 is 1. The normalized spacial score (nSPS) is 11.6. The maximum absolute atomic E-state index is 12.4. The molecule has 3 nitrogen and oxygen atoms in total. The average Bonchev–Trinajstić information content (AvgIpc) is 2.56. The van der Waals surface area contributed by atoms with E-state index in [1.165, 1.54) is 26.4 Å². The summed E-state index contributed by atoms with van der Waals surface area (Å²) in [6, 6.07) is 5.21. The fourth-order valence-corrected chi connectivity index (χ4v) is 2.60. The van der Waals surface area contributed by atoms with E-state index in [2.05, 4.69) is 19.2 Å². The first-order chi connectivity index (χ1) is 11.1. The van der Waals surface area contributed by atoms with Crippen LogP contribution in [0.4, 0.5) is 0 Å². The molecule has 0 aliphatic heterocycles. The van der Waals surface area contributed by atoms with E-state index >= 15 is 0 Å². The minimum absolute atomic E-state index is 0.0802. The monoisotopic (exact) mass is 316 g/mol. The summed E-state index contributed by atoms with van der Waals surface area (Å²) in [5.74, 6) is 0.705. The molecule has 1 aromatic carbocycles. The highest BCUT2D eigenvalue weighted by atomic mass is 16.5. The third kappa shape index (κ3) is 6.75. The first-order valence-corrected chi connectivity index (χ1v) is 8.36. The van der Waals surface area contributed by atoms with Crippen LogP contribution in [0.5, 0.6) is 11.5 Å². The molecule has 0 aliphatic carbocycles. The number of unbranched alkanes of at least 4 members (excludes halogenated alkanes) is 3. The van der Waals surface area contributed by atoms with Gasteiger partial charge in [-0.2, -0.15) is 0 Å². The number of phenols is 1. The standard InChI is InChI=1S/C20H28O3/c1-4-6-7-8-10-17(9-5-2)18(21)13-11-16-12-14-19(22)20(15-16)23-3/h9,12,14-15,17,22H,2,4,6-8,10-11,13H2,1,3H3. The molecule has 1 aromatic rings. The summed E-state index contributed by atoms with van der Waals surface area (Å²) in [5.41, 5.74) is 3.75. The Balaban J connectivity index is 2.56. The highest BCUT2D eigenvalue weighted by molar-refractivity contribution is 5.82. The van der Waals surface area contributed by atoms with Gasteiger partial charge in [0.1, 0.15) is 5.78 Å². The van der Waals surface area contributed by atoms with Gasteiger partial charge in [-0.25, -0.2) is 0 Å². The Hall–Kier alpha value is -1.99. The molecule has 0 heterocycles. The Kier molecular flexibility index (Phi) is 8.86. The summed E-state index contributed by atoms with van der Waals surface area (Å²) in [7, 11) is 1.52. The predicted octanol–water partition coefficient (Wildman–Crippen LogP) is 4.83. The highest BCUT2D eigenvalue weighted by Gasteiger charge is 2.15. The molecule has 0 saturated carbocycles. The summed E-state index contributed by atoms with van der Waals surface area (Å²) in [6.45, 7) is 5.78.